The Morgan fingerprint density at radius 3 is 2.72 bits per heavy atom. The van der Waals surface area contributed by atoms with E-state index in [0.717, 1.165) is 21.8 Å². The van der Waals surface area contributed by atoms with Gasteiger partial charge in [-0.15, -0.1) is 21.5 Å². The molecule has 0 bridgehead atoms. The number of halogens is 1. The first-order valence-corrected chi connectivity index (χ1v) is 12.1. The predicted molar refractivity (Wildman–Crippen MR) is 131 cm³/mol. The van der Waals surface area contributed by atoms with Crippen molar-refractivity contribution in [1.82, 2.24) is 14.8 Å². The SMILES string of the molecule is COc1cc(Cl)c(C)cc1NC(=O)CSc1nnc(-c2cccs2)n1Cc1ccccc1. The van der Waals surface area contributed by atoms with Gasteiger partial charge in [0.1, 0.15) is 5.75 Å². The highest BCUT2D eigenvalue weighted by atomic mass is 35.5. The van der Waals surface area contributed by atoms with Gasteiger partial charge in [-0.1, -0.05) is 59.8 Å². The molecular formula is C23H21ClN4O2S2. The molecule has 0 radical (unpaired) electrons. The van der Waals surface area contributed by atoms with Gasteiger partial charge < -0.3 is 10.1 Å². The van der Waals surface area contributed by atoms with Crippen molar-refractivity contribution >= 4 is 46.3 Å². The number of thioether (sulfide) groups is 1. The molecule has 4 rings (SSSR count). The molecule has 32 heavy (non-hydrogen) atoms. The number of carbonyl (C=O) groups excluding carboxylic acids is 1. The number of nitrogens with one attached hydrogen (secondary N) is 1. The van der Waals surface area contributed by atoms with Crippen LogP contribution in [-0.2, 0) is 11.3 Å². The zero-order valence-electron chi connectivity index (χ0n) is 17.5. The van der Waals surface area contributed by atoms with Gasteiger partial charge in [0.25, 0.3) is 0 Å². The van der Waals surface area contributed by atoms with Gasteiger partial charge in [0.05, 0.1) is 30.0 Å². The molecule has 0 aliphatic carbocycles. The average Bonchev–Trinajstić information content (AvgIpc) is 3.45. The maximum Gasteiger partial charge on any atom is 0.234 e. The summed E-state index contributed by atoms with van der Waals surface area (Å²) in [6, 6.07) is 17.6. The van der Waals surface area contributed by atoms with Gasteiger partial charge in [-0.05, 0) is 35.6 Å². The van der Waals surface area contributed by atoms with E-state index in [4.69, 9.17) is 16.3 Å². The molecule has 164 valence electrons. The largest absolute Gasteiger partial charge is 0.495 e. The van der Waals surface area contributed by atoms with Gasteiger partial charge in [0.15, 0.2) is 11.0 Å². The van der Waals surface area contributed by atoms with Crippen molar-refractivity contribution in [3.8, 4) is 16.5 Å². The number of ether oxygens (including phenoxy) is 1. The summed E-state index contributed by atoms with van der Waals surface area (Å²) in [5.41, 5.74) is 2.58. The molecule has 2 aromatic carbocycles. The summed E-state index contributed by atoms with van der Waals surface area (Å²) in [7, 11) is 1.55. The molecule has 1 amide bonds. The second-order valence-electron chi connectivity index (χ2n) is 6.99. The Balaban J connectivity index is 1.52. The van der Waals surface area contributed by atoms with Crippen LogP contribution in [0, 0.1) is 6.92 Å². The molecule has 0 aliphatic rings. The third kappa shape index (κ3) is 5.15. The van der Waals surface area contributed by atoms with Crippen molar-refractivity contribution in [2.24, 2.45) is 0 Å². The lowest BCUT2D eigenvalue weighted by Gasteiger charge is -2.12. The quantitative estimate of drug-likeness (QED) is 0.322. The van der Waals surface area contributed by atoms with E-state index in [1.807, 2.05) is 47.2 Å². The summed E-state index contributed by atoms with van der Waals surface area (Å²) in [6.07, 6.45) is 0. The van der Waals surface area contributed by atoms with Gasteiger partial charge in [-0.25, -0.2) is 0 Å². The first kappa shape index (κ1) is 22.4. The zero-order chi connectivity index (χ0) is 22.5. The average molecular weight is 485 g/mol. The van der Waals surface area contributed by atoms with Crippen LogP contribution in [0.25, 0.3) is 10.7 Å². The summed E-state index contributed by atoms with van der Waals surface area (Å²) in [5.74, 6) is 1.33. The Bertz CT molecular complexity index is 1210. The summed E-state index contributed by atoms with van der Waals surface area (Å²) in [5, 5.41) is 15.0. The molecule has 1 N–H and O–H groups in total. The van der Waals surface area contributed by atoms with Crippen molar-refractivity contribution in [1.29, 1.82) is 0 Å². The van der Waals surface area contributed by atoms with Gasteiger partial charge in [-0.3, -0.25) is 9.36 Å². The van der Waals surface area contributed by atoms with Crippen LogP contribution in [0.3, 0.4) is 0 Å². The Morgan fingerprint density at radius 2 is 2.00 bits per heavy atom. The molecule has 6 nitrogen and oxygen atoms in total. The third-order valence-electron chi connectivity index (χ3n) is 4.73. The molecule has 4 aromatic rings. The van der Waals surface area contributed by atoms with Crippen LogP contribution in [0.5, 0.6) is 5.75 Å². The van der Waals surface area contributed by atoms with Gasteiger partial charge in [-0.2, -0.15) is 0 Å². The Hall–Kier alpha value is -2.81. The molecule has 0 saturated heterocycles. The Labute approximate surface area is 199 Å². The summed E-state index contributed by atoms with van der Waals surface area (Å²) >= 11 is 9.11. The van der Waals surface area contributed by atoms with Gasteiger partial charge in [0, 0.05) is 11.1 Å². The van der Waals surface area contributed by atoms with Crippen molar-refractivity contribution in [2.75, 3.05) is 18.2 Å². The monoisotopic (exact) mass is 484 g/mol. The first-order valence-electron chi connectivity index (χ1n) is 9.83. The third-order valence-corrected chi connectivity index (χ3v) is 6.97. The van der Waals surface area contributed by atoms with E-state index >= 15 is 0 Å². The molecular weight excluding hydrogens is 464 g/mol. The van der Waals surface area contributed by atoms with Gasteiger partial charge in [0.2, 0.25) is 5.91 Å². The number of amides is 1. The van der Waals surface area contributed by atoms with Crippen molar-refractivity contribution in [2.45, 2.75) is 18.6 Å². The smallest absolute Gasteiger partial charge is 0.234 e. The lowest BCUT2D eigenvalue weighted by Crippen LogP contribution is -2.15. The number of rotatable bonds is 8. The highest BCUT2D eigenvalue weighted by Crippen LogP contribution is 2.32. The van der Waals surface area contributed by atoms with Crippen LogP contribution in [0.1, 0.15) is 11.1 Å². The number of anilines is 1. The van der Waals surface area contributed by atoms with Crippen molar-refractivity contribution < 1.29 is 9.53 Å². The topological polar surface area (TPSA) is 69.0 Å². The molecule has 0 aliphatic heterocycles. The second kappa shape index (κ2) is 10.2. The molecule has 0 atom stereocenters. The number of nitrogens with zero attached hydrogens (tertiary/aromatic N) is 3. The van der Waals surface area contributed by atoms with Crippen LogP contribution in [-0.4, -0.2) is 33.5 Å². The molecule has 0 unspecified atom stereocenters. The van der Waals surface area contributed by atoms with E-state index in [9.17, 15) is 4.79 Å². The van der Waals surface area contributed by atoms with E-state index in [1.165, 1.54) is 11.8 Å². The maximum atomic E-state index is 12.7. The van der Waals surface area contributed by atoms with Crippen LogP contribution in [0.2, 0.25) is 5.02 Å². The van der Waals surface area contributed by atoms with E-state index in [0.29, 0.717) is 28.2 Å². The number of carbonyl (C=O) groups is 1. The maximum absolute atomic E-state index is 12.7. The number of thiophene rings is 1. The van der Waals surface area contributed by atoms with Crippen LogP contribution in [0.15, 0.2) is 65.1 Å². The fourth-order valence-electron chi connectivity index (χ4n) is 3.14. The fraction of sp³-hybridized carbons (Fsp3) is 0.174. The number of aromatic nitrogens is 3. The lowest BCUT2D eigenvalue weighted by molar-refractivity contribution is -0.113. The molecule has 2 aromatic heterocycles. The summed E-state index contributed by atoms with van der Waals surface area (Å²) in [4.78, 5) is 13.7. The second-order valence-corrected chi connectivity index (χ2v) is 9.29. The summed E-state index contributed by atoms with van der Waals surface area (Å²) in [6.45, 7) is 2.50. The predicted octanol–water partition coefficient (Wildman–Crippen LogP) is 5.76. The molecule has 0 fully saturated rings. The number of aryl methyl sites for hydroxylation is 1. The fourth-order valence-corrected chi connectivity index (χ4v) is 4.75. The molecule has 9 heteroatoms. The number of hydrogen-bond acceptors (Lipinski definition) is 6. The Kier molecular flexibility index (Phi) is 7.14. The minimum Gasteiger partial charge on any atom is -0.495 e. The van der Waals surface area contributed by atoms with E-state index in [1.54, 1.807) is 30.6 Å². The number of methoxy groups -OCH3 is 1. The molecule has 0 spiro atoms. The molecule has 0 saturated carbocycles. The Morgan fingerprint density at radius 1 is 1.19 bits per heavy atom. The van der Waals surface area contributed by atoms with E-state index in [2.05, 4.69) is 27.6 Å². The number of hydrogen-bond donors (Lipinski definition) is 1. The van der Waals surface area contributed by atoms with E-state index < -0.39 is 0 Å². The van der Waals surface area contributed by atoms with Crippen molar-refractivity contribution in [3.05, 3.63) is 76.1 Å². The van der Waals surface area contributed by atoms with Crippen LogP contribution in [0.4, 0.5) is 5.69 Å². The van der Waals surface area contributed by atoms with E-state index in [-0.39, 0.29) is 11.7 Å². The number of benzene rings is 2. The zero-order valence-corrected chi connectivity index (χ0v) is 19.9. The minimum absolute atomic E-state index is 0.165. The molecule has 2 heterocycles. The highest BCUT2D eigenvalue weighted by molar-refractivity contribution is 7.99. The van der Waals surface area contributed by atoms with Crippen LogP contribution >= 0.6 is 34.7 Å². The highest BCUT2D eigenvalue weighted by Gasteiger charge is 2.17. The lowest BCUT2D eigenvalue weighted by atomic mass is 10.2. The normalized spacial score (nSPS) is 10.8. The minimum atomic E-state index is -0.165. The first-order chi connectivity index (χ1) is 15.5. The standard InChI is InChI=1S/C23H21ClN4O2S2/c1-15-11-18(19(30-2)12-17(15)24)25-21(29)14-32-23-27-26-22(20-9-6-10-31-20)28(23)13-16-7-4-3-5-8-16/h3-12H,13-14H2,1-2H3,(H,25,29). The van der Waals surface area contributed by atoms with Crippen LogP contribution < -0.4 is 10.1 Å². The van der Waals surface area contributed by atoms with Gasteiger partial charge >= 0.3 is 0 Å². The van der Waals surface area contributed by atoms with Crippen molar-refractivity contribution in [3.63, 3.8) is 0 Å². The summed E-state index contributed by atoms with van der Waals surface area (Å²) < 4.78 is 7.39.